The number of nitrogens with zero attached hydrogens (tertiary/aromatic N) is 3. The second-order valence-corrected chi connectivity index (χ2v) is 7.37. The third-order valence-corrected chi connectivity index (χ3v) is 4.66. The Labute approximate surface area is 128 Å². The van der Waals surface area contributed by atoms with Gasteiger partial charge in [-0.3, -0.25) is 9.78 Å². The highest BCUT2D eigenvalue weighted by atomic mass is 32.2. The van der Waals surface area contributed by atoms with Crippen LogP contribution in [0.1, 0.15) is 23.3 Å². The smallest absolute Gasteiger partial charge is 0.274 e. The third kappa shape index (κ3) is 3.11. The van der Waals surface area contributed by atoms with Crippen molar-refractivity contribution in [1.29, 1.82) is 0 Å². The van der Waals surface area contributed by atoms with Gasteiger partial charge in [0.1, 0.15) is 5.69 Å². The average molecular weight is 326 g/mol. The van der Waals surface area contributed by atoms with Crippen LogP contribution in [0.2, 0.25) is 0 Å². The van der Waals surface area contributed by atoms with Gasteiger partial charge in [0.25, 0.3) is 5.91 Å². The van der Waals surface area contributed by atoms with E-state index in [1.54, 1.807) is 4.90 Å². The summed E-state index contributed by atoms with van der Waals surface area (Å²) in [6.07, 6.45) is 6.81. The van der Waals surface area contributed by atoms with Gasteiger partial charge in [-0.25, -0.2) is 18.1 Å². The van der Waals surface area contributed by atoms with Crippen molar-refractivity contribution in [3.8, 4) is 0 Å². The van der Waals surface area contributed by atoms with Crippen LogP contribution in [0.15, 0.2) is 18.6 Å². The molecule has 22 heavy (non-hydrogen) atoms. The molecule has 0 spiro atoms. The van der Waals surface area contributed by atoms with E-state index in [0.717, 1.165) is 19.1 Å². The monoisotopic (exact) mass is 326 g/mol. The molecule has 2 saturated heterocycles. The summed E-state index contributed by atoms with van der Waals surface area (Å²) in [4.78, 5) is 22.2. The normalized spacial score (nSPS) is 28.4. The van der Waals surface area contributed by atoms with Gasteiger partial charge in [-0.05, 0) is 12.8 Å². The quantitative estimate of drug-likeness (QED) is 0.796. The summed E-state index contributed by atoms with van der Waals surface area (Å²) in [7, 11) is -3.37. The van der Waals surface area contributed by atoms with Crippen LogP contribution in [0.4, 0.5) is 0 Å². The third-order valence-electron chi connectivity index (χ3n) is 3.93. The molecule has 0 saturated carbocycles. The first kappa shape index (κ1) is 15.3. The molecule has 0 aromatic carbocycles. The van der Waals surface area contributed by atoms with E-state index in [1.807, 2.05) is 0 Å². The minimum absolute atomic E-state index is 0.137. The van der Waals surface area contributed by atoms with Crippen molar-refractivity contribution in [3.63, 3.8) is 0 Å². The summed E-state index contributed by atoms with van der Waals surface area (Å²) in [6, 6.07) is -0.566. The van der Waals surface area contributed by atoms with Crippen LogP contribution < -0.4 is 4.72 Å². The van der Waals surface area contributed by atoms with Crippen molar-refractivity contribution >= 4 is 15.9 Å². The number of fused-ring (bicyclic) bond motifs is 1. The Morgan fingerprint density at radius 1 is 1.45 bits per heavy atom. The molecular formula is C13H18N4O4S. The maximum Gasteiger partial charge on any atom is 0.274 e. The lowest BCUT2D eigenvalue weighted by Gasteiger charge is -2.32. The fourth-order valence-corrected chi connectivity index (χ4v) is 3.88. The summed E-state index contributed by atoms with van der Waals surface area (Å²) >= 11 is 0. The predicted molar refractivity (Wildman–Crippen MR) is 77.6 cm³/mol. The minimum atomic E-state index is -3.37. The zero-order valence-electron chi connectivity index (χ0n) is 12.2. The molecule has 0 radical (unpaired) electrons. The number of hydrogen-bond donors (Lipinski definition) is 1. The van der Waals surface area contributed by atoms with Gasteiger partial charge in [-0.2, -0.15) is 0 Å². The number of rotatable bonds is 3. The number of likely N-dealkylation sites (tertiary alicyclic amines) is 1. The SMILES string of the molecule is CS(=O)(=O)N[C@@H]1CN(C(=O)c2cnccn2)[C@@H]2CCCO[C@@H]21. The van der Waals surface area contributed by atoms with Crippen molar-refractivity contribution in [2.45, 2.75) is 31.0 Å². The second-order valence-electron chi connectivity index (χ2n) is 5.59. The molecule has 2 fully saturated rings. The summed E-state index contributed by atoms with van der Waals surface area (Å²) in [5.74, 6) is -0.244. The van der Waals surface area contributed by atoms with Crippen molar-refractivity contribution in [2.24, 2.45) is 0 Å². The number of aromatic nitrogens is 2. The highest BCUT2D eigenvalue weighted by Gasteiger charge is 2.47. The van der Waals surface area contributed by atoms with Gasteiger partial charge in [-0.1, -0.05) is 0 Å². The van der Waals surface area contributed by atoms with Crippen LogP contribution in [-0.2, 0) is 14.8 Å². The van der Waals surface area contributed by atoms with Crippen LogP contribution in [0.5, 0.6) is 0 Å². The molecule has 1 aromatic heterocycles. The molecule has 2 aliphatic rings. The van der Waals surface area contributed by atoms with E-state index < -0.39 is 16.1 Å². The standard InChI is InChI=1S/C13H18N4O4S/c1-22(19,20)16-10-8-17(11-3-2-6-21-12(10)11)13(18)9-7-14-4-5-15-9/h4-5,7,10-12,16H,2-3,6,8H2,1H3/t10-,11-,12-/m1/s1. The predicted octanol–water partition coefficient (Wildman–Crippen LogP) is -0.602. The number of hydrogen-bond acceptors (Lipinski definition) is 6. The van der Waals surface area contributed by atoms with Crippen LogP contribution >= 0.6 is 0 Å². The summed E-state index contributed by atoms with van der Waals surface area (Å²) in [6.45, 7) is 0.855. The van der Waals surface area contributed by atoms with E-state index in [1.165, 1.54) is 18.6 Å². The molecule has 0 aliphatic carbocycles. The largest absolute Gasteiger partial charge is 0.374 e. The van der Waals surface area contributed by atoms with Crippen LogP contribution in [0.25, 0.3) is 0 Å². The minimum Gasteiger partial charge on any atom is -0.374 e. The van der Waals surface area contributed by atoms with E-state index in [-0.39, 0.29) is 30.3 Å². The summed E-state index contributed by atoms with van der Waals surface area (Å²) < 4.78 is 31.3. The lowest BCUT2D eigenvalue weighted by molar-refractivity contribution is -0.0157. The fraction of sp³-hybridized carbons (Fsp3) is 0.615. The Kier molecular flexibility index (Phi) is 4.11. The molecule has 3 atom stereocenters. The van der Waals surface area contributed by atoms with Gasteiger partial charge in [0, 0.05) is 25.5 Å². The Morgan fingerprint density at radius 2 is 2.27 bits per heavy atom. The Hall–Kier alpha value is -1.58. The molecular weight excluding hydrogens is 308 g/mol. The highest BCUT2D eigenvalue weighted by molar-refractivity contribution is 7.88. The molecule has 8 nitrogen and oxygen atoms in total. The van der Waals surface area contributed by atoms with Crippen LogP contribution in [-0.4, -0.2) is 66.8 Å². The molecule has 3 heterocycles. The molecule has 2 aliphatic heterocycles. The topological polar surface area (TPSA) is 101 Å². The van der Waals surface area contributed by atoms with Gasteiger partial charge in [0.05, 0.1) is 30.6 Å². The van der Waals surface area contributed by atoms with Crippen molar-refractivity contribution in [2.75, 3.05) is 19.4 Å². The molecule has 1 N–H and O–H groups in total. The first-order valence-corrected chi connectivity index (χ1v) is 9.01. The van der Waals surface area contributed by atoms with Crippen LogP contribution in [0.3, 0.4) is 0 Å². The molecule has 120 valence electrons. The number of carbonyl (C=O) groups excluding carboxylic acids is 1. The van der Waals surface area contributed by atoms with E-state index in [2.05, 4.69) is 14.7 Å². The molecule has 1 amide bonds. The number of nitrogens with one attached hydrogen (secondary N) is 1. The molecule has 1 aromatic rings. The van der Waals surface area contributed by atoms with Gasteiger partial charge >= 0.3 is 0 Å². The molecule has 3 rings (SSSR count). The molecule has 0 unspecified atom stereocenters. The maximum atomic E-state index is 12.6. The summed E-state index contributed by atoms with van der Waals surface area (Å²) in [5, 5.41) is 0. The van der Waals surface area contributed by atoms with E-state index in [4.69, 9.17) is 4.74 Å². The van der Waals surface area contributed by atoms with E-state index in [0.29, 0.717) is 6.61 Å². The first-order chi connectivity index (χ1) is 10.5. The zero-order valence-corrected chi connectivity index (χ0v) is 13.0. The van der Waals surface area contributed by atoms with Gasteiger partial charge in [0.15, 0.2) is 0 Å². The van der Waals surface area contributed by atoms with E-state index >= 15 is 0 Å². The maximum absolute atomic E-state index is 12.6. The Bertz CT molecular complexity index is 651. The van der Waals surface area contributed by atoms with Crippen molar-refractivity contribution in [1.82, 2.24) is 19.6 Å². The lowest BCUT2D eigenvalue weighted by atomic mass is 10.0. The van der Waals surface area contributed by atoms with Gasteiger partial charge in [-0.15, -0.1) is 0 Å². The number of amides is 1. The van der Waals surface area contributed by atoms with E-state index in [9.17, 15) is 13.2 Å². The molecule has 0 bridgehead atoms. The first-order valence-electron chi connectivity index (χ1n) is 7.11. The van der Waals surface area contributed by atoms with Crippen molar-refractivity contribution in [3.05, 3.63) is 24.3 Å². The van der Waals surface area contributed by atoms with Crippen LogP contribution in [0, 0.1) is 0 Å². The lowest BCUT2D eigenvalue weighted by Crippen LogP contribution is -2.47. The summed E-state index contributed by atoms with van der Waals surface area (Å²) in [5.41, 5.74) is 0.256. The number of carbonyl (C=O) groups is 1. The second kappa shape index (κ2) is 5.90. The van der Waals surface area contributed by atoms with Gasteiger partial charge < -0.3 is 9.64 Å². The van der Waals surface area contributed by atoms with Gasteiger partial charge in [0.2, 0.25) is 10.0 Å². The highest BCUT2D eigenvalue weighted by Crippen LogP contribution is 2.30. The average Bonchev–Trinajstić information content (AvgIpc) is 2.85. The Balaban J connectivity index is 1.84. The number of sulfonamides is 1. The zero-order chi connectivity index (χ0) is 15.7. The fourth-order valence-electron chi connectivity index (χ4n) is 3.13. The van der Waals surface area contributed by atoms with Crippen molar-refractivity contribution < 1.29 is 17.9 Å². The molecule has 9 heteroatoms. The number of ether oxygens (including phenoxy) is 1. The Morgan fingerprint density at radius 3 is 2.95 bits per heavy atom.